The molecule has 1 radical (unpaired) electrons. The molecule has 0 aromatic carbocycles. The van der Waals surface area contributed by atoms with Gasteiger partial charge in [0.25, 0.3) is 0 Å². The third-order valence-corrected chi connectivity index (χ3v) is 0. The van der Waals surface area contributed by atoms with Gasteiger partial charge in [0.2, 0.25) is 0 Å². The second-order valence-electron chi connectivity index (χ2n) is 0. The Kier molecular flexibility index (Phi) is 438. The first kappa shape index (κ1) is 60.9. The van der Waals surface area contributed by atoms with E-state index in [4.69, 9.17) is 0 Å². The molecule has 0 bridgehead atoms. The van der Waals surface area contributed by atoms with Gasteiger partial charge in [-0.15, -0.1) is 0 Å². The quantitative estimate of drug-likeness (QED) is 0.532. The molecule has 33 valence electrons. The number of hydrogen-bond donors (Lipinski definition) is 0. The molecule has 0 rings (SSSR count). The first-order chi connectivity index (χ1) is 0. The minimum Gasteiger partial charge on any atom is -0.358 e. The minimum absolute atomic E-state index is 0. The largest absolute Gasteiger partial charge is 3.00 e. The fourth-order valence-corrected chi connectivity index (χ4v) is 0. The van der Waals surface area contributed by atoms with Gasteiger partial charge in [-0.1, -0.05) is 0 Å². The smallest absolute Gasteiger partial charge is 0.358 e. The second kappa shape index (κ2) is 28.8. The van der Waals surface area contributed by atoms with E-state index in [0.29, 0.717) is 0 Å². The molecule has 0 unspecified atom stereocenters. The summed E-state index contributed by atoms with van der Waals surface area (Å²) in [5.74, 6) is 0. The van der Waals surface area contributed by atoms with E-state index >= 15 is 0 Å². The van der Waals surface area contributed by atoms with E-state index < -0.39 is 0 Å². The Balaban J connectivity index is 0. The Bertz CT molecular complexity index is 3.25. The van der Waals surface area contributed by atoms with Gasteiger partial charge in [-0.25, -0.2) is 0 Å². The molecular formula is C3H9Er. The fraction of sp³-hybridized carbons (Fsp3) is 0. The van der Waals surface area contributed by atoms with Crippen molar-refractivity contribution in [2.45, 2.75) is 0 Å². The number of rotatable bonds is 0. The monoisotopic (exact) mass is 211 g/mol. The van der Waals surface area contributed by atoms with Crippen LogP contribution >= 0.6 is 0 Å². The van der Waals surface area contributed by atoms with Crippen molar-refractivity contribution in [3.63, 3.8) is 0 Å². The summed E-state index contributed by atoms with van der Waals surface area (Å²) < 4.78 is 0. The molecule has 0 amide bonds. The van der Waals surface area contributed by atoms with Crippen LogP contribution in [0.2, 0.25) is 0 Å². The maximum absolute atomic E-state index is 0. The van der Waals surface area contributed by atoms with Crippen molar-refractivity contribution in [3.05, 3.63) is 22.3 Å². The average Bonchev–Trinajstić information content (AvgIpc) is 0. The van der Waals surface area contributed by atoms with Crippen LogP contribution in [-0.2, 0) is 0 Å². The zero-order valence-corrected chi connectivity index (χ0v) is 5.14. The van der Waals surface area contributed by atoms with E-state index in [1.54, 1.807) is 0 Å². The molecule has 0 N–H and O–H groups in total. The van der Waals surface area contributed by atoms with Gasteiger partial charge in [0.05, 0.1) is 0 Å². The van der Waals surface area contributed by atoms with Crippen LogP contribution in [0.5, 0.6) is 0 Å². The van der Waals surface area contributed by atoms with Crippen LogP contribution in [0.25, 0.3) is 0 Å². The summed E-state index contributed by atoms with van der Waals surface area (Å²) in [6.45, 7) is 0. The zero-order chi connectivity index (χ0) is 0. The Hall–Kier alpha value is 1.25. The van der Waals surface area contributed by atoms with Gasteiger partial charge in [0, 0.05) is 0 Å². The molecule has 0 atom stereocenters. The van der Waals surface area contributed by atoms with Crippen molar-refractivity contribution in [1.82, 2.24) is 0 Å². The summed E-state index contributed by atoms with van der Waals surface area (Å²) in [6, 6.07) is 0. The van der Waals surface area contributed by atoms with Gasteiger partial charge < -0.3 is 22.3 Å². The van der Waals surface area contributed by atoms with Crippen LogP contribution < -0.4 is 0 Å². The molecule has 4 heavy (non-hydrogen) atoms. The predicted molar refractivity (Wildman–Crippen MR) is 19.2 cm³/mol. The molecule has 0 aliphatic rings. The van der Waals surface area contributed by atoms with Crippen molar-refractivity contribution >= 4 is 0 Å². The molecule has 0 spiro atoms. The van der Waals surface area contributed by atoms with E-state index in [2.05, 4.69) is 0 Å². The molecule has 0 aromatic rings. The van der Waals surface area contributed by atoms with Crippen LogP contribution in [0.1, 0.15) is 0 Å². The van der Waals surface area contributed by atoms with Gasteiger partial charge in [-0.2, -0.15) is 0 Å². The fourth-order valence-electron chi connectivity index (χ4n) is 0. The Morgan fingerprint density at radius 2 is 0.500 bits per heavy atom. The minimum atomic E-state index is 0. The third-order valence-electron chi connectivity index (χ3n) is 0. The molecular weight excluding hydrogens is 203 g/mol. The first-order valence-electron chi connectivity index (χ1n) is 0. The van der Waals surface area contributed by atoms with Crippen LogP contribution in [0.3, 0.4) is 0 Å². The second-order valence-corrected chi connectivity index (χ2v) is 0. The molecule has 0 aliphatic carbocycles. The summed E-state index contributed by atoms with van der Waals surface area (Å²) in [6.07, 6.45) is 0. The van der Waals surface area contributed by atoms with Gasteiger partial charge in [-0.3, -0.25) is 0 Å². The van der Waals surface area contributed by atoms with Crippen molar-refractivity contribution in [2.75, 3.05) is 0 Å². The van der Waals surface area contributed by atoms with E-state index in [0.717, 1.165) is 0 Å². The SMILES string of the molecule is [CH3-].[CH3-].[CH3-].[Er+3]. The van der Waals surface area contributed by atoms with Gasteiger partial charge >= 0.3 is 37.3 Å². The van der Waals surface area contributed by atoms with Crippen LogP contribution in [-0.4, -0.2) is 0 Å². The van der Waals surface area contributed by atoms with Crippen molar-refractivity contribution in [1.29, 1.82) is 0 Å². The summed E-state index contributed by atoms with van der Waals surface area (Å²) in [7, 11) is 0. The van der Waals surface area contributed by atoms with Crippen molar-refractivity contribution in [2.24, 2.45) is 0 Å². The zero-order valence-electron chi connectivity index (χ0n) is 3.29. The van der Waals surface area contributed by atoms with E-state index in [1.165, 1.54) is 0 Å². The van der Waals surface area contributed by atoms with Crippen molar-refractivity contribution in [3.8, 4) is 0 Å². The Morgan fingerprint density at radius 3 is 0.500 bits per heavy atom. The Morgan fingerprint density at radius 1 is 0.500 bits per heavy atom. The first-order valence-corrected chi connectivity index (χ1v) is 0. The van der Waals surface area contributed by atoms with Gasteiger partial charge in [-0.05, 0) is 0 Å². The predicted octanol–water partition coefficient (Wildman–Crippen LogP) is 1.35. The molecule has 0 aliphatic heterocycles. The molecule has 1 heteroatoms. The van der Waals surface area contributed by atoms with Crippen LogP contribution in [0, 0.1) is 59.6 Å². The molecule has 0 heterocycles. The average molecular weight is 212 g/mol. The maximum Gasteiger partial charge on any atom is 3.00 e. The summed E-state index contributed by atoms with van der Waals surface area (Å²) >= 11 is 0. The van der Waals surface area contributed by atoms with Gasteiger partial charge in [0.15, 0.2) is 0 Å². The normalized spacial score (nSPS) is 0. The van der Waals surface area contributed by atoms with Gasteiger partial charge in [0.1, 0.15) is 0 Å². The van der Waals surface area contributed by atoms with Crippen LogP contribution in [0.4, 0.5) is 0 Å². The summed E-state index contributed by atoms with van der Waals surface area (Å²) in [5.41, 5.74) is 0. The van der Waals surface area contributed by atoms with Crippen molar-refractivity contribution < 1.29 is 37.3 Å². The third kappa shape index (κ3) is 10.5. The van der Waals surface area contributed by atoms with E-state index in [9.17, 15) is 0 Å². The molecule has 0 nitrogen and oxygen atoms in total. The van der Waals surface area contributed by atoms with Crippen LogP contribution in [0.15, 0.2) is 0 Å². The topological polar surface area (TPSA) is 0 Å². The van der Waals surface area contributed by atoms with E-state index in [1.807, 2.05) is 0 Å². The Labute approximate surface area is 59.2 Å². The summed E-state index contributed by atoms with van der Waals surface area (Å²) in [5, 5.41) is 0. The number of hydrogen-bond acceptors (Lipinski definition) is 0. The maximum atomic E-state index is 0. The molecule has 0 saturated heterocycles. The standard InChI is InChI=1S/3CH3.Er/h3*1H3;/q3*-1;+3. The van der Waals surface area contributed by atoms with E-state index in [-0.39, 0.29) is 59.6 Å². The molecule has 0 fully saturated rings. The molecule has 0 saturated carbocycles. The summed E-state index contributed by atoms with van der Waals surface area (Å²) in [4.78, 5) is 0. The molecule has 0 aromatic heterocycles.